The Bertz CT molecular complexity index is 603. The van der Waals surface area contributed by atoms with Crippen molar-refractivity contribution in [3.8, 4) is 0 Å². The molecule has 2 rings (SSSR count). The maximum Gasteiger partial charge on any atom is 0.348 e. The molecule has 0 unspecified atom stereocenters. The quantitative estimate of drug-likeness (QED) is 0.488. The highest BCUT2D eigenvalue weighted by atomic mass is 32.1. The van der Waals surface area contributed by atoms with Gasteiger partial charge in [-0.15, -0.1) is 11.3 Å². The molecule has 97 valence electrons. The van der Waals surface area contributed by atoms with Gasteiger partial charge >= 0.3 is 5.97 Å². The second-order valence-electron chi connectivity index (χ2n) is 3.77. The van der Waals surface area contributed by atoms with Crippen molar-refractivity contribution < 1.29 is 14.5 Å². The van der Waals surface area contributed by atoms with Crippen LogP contribution in [0.3, 0.4) is 0 Å². The monoisotopic (exact) mass is 276 g/mol. The summed E-state index contributed by atoms with van der Waals surface area (Å²) in [7, 11) is 0. The van der Waals surface area contributed by atoms with E-state index in [0.717, 1.165) is 0 Å². The number of non-ortho nitro benzene ring substituents is 1. The fraction of sp³-hybridized carbons (Fsp3) is 0.0769. The highest BCUT2D eigenvalue weighted by Gasteiger charge is 2.12. The molecule has 19 heavy (non-hydrogen) atoms. The molecule has 5 nitrogen and oxygen atoms in total. The molecule has 1 aromatic heterocycles. The summed E-state index contributed by atoms with van der Waals surface area (Å²) in [5, 5.41) is 12.3. The Balaban J connectivity index is 1.97. The lowest BCUT2D eigenvalue weighted by Crippen LogP contribution is -2.04. The van der Waals surface area contributed by atoms with Gasteiger partial charge in [0, 0.05) is 12.1 Å². The van der Waals surface area contributed by atoms with E-state index >= 15 is 0 Å². The number of nitro groups is 1. The molecule has 0 fully saturated rings. The highest BCUT2D eigenvalue weighted by Crippen LogP contribution is 2.18. The Morgan fingerprint density at radius 1 is 1.32 bits per heavy atom. The SMILES string of the molecule is [CH2]c1ccsc1C(=O)OCc1ccc([N+](=O)[O-])cc1. The van der Waals surface area contributed by atoms with Gasteiger partial charge in [0.25, 0.3) is 5.69 Å². The van der Waals surface area contributed by atoms with E-state index in [1.54, 1.807) is 23.6 Å². The first kappa shape index (κ1) is 13.2. The third kappa shape index (κ3) is 3.17. The predicted molar refractivity (Wildman–Crippen MR) is 71.0 cm³/mol. The molecule has 0 amide bonds. The third-order valence-electron chi connectivity index (χ3n) is 2.45. The van der Waals surface area contributed by atoms with Crippen molar-refractivity contribution in [2.75, 3.05) is 0 Å². The Morgan fingerprint density at radius 2 is 2.00 bits per heavy atom. The summed E-state index contributed by atoms with van der Waals surface area (Å²) in [6, 6.07) is 7.62. The molecule has 1 aromatic carbocycles. The first-order chi connectivity index (χ1) is 9.08. The Morgan fingerprint density at radius 3 is 2.53 bits per heavy atom. The van der Waals surface area contributed by atoms with E-state index in [0.29, 0.717) is 16.0 Å². The number of rotatable bonds is 4. The molecule has 0 spiro atoms. The molecule has 2 aromatic rings. The van der Waals surface area contributed by atoms with Crippen molar-refractivity contribution in [1.82, 2.24) is 0 Å². The fourth-order valence-corrected chi connectivity index (χ4v) is 2.19. The molecule has 0 saturated heterocycles. The lowest BCUT2D eigenvalue weighted by atomic mass is 10.2. The standard InChI is InChI=1S/C13H10NO4S/c1-9-6-7-19-12(9)13(15)18-8-10-2-4-11(5-3-10)14(16)17/h2-7H,1,8H2. The van der Waals surface area contributed by atoms with Gasteiger partial charge in [-0.3, -0.25) is 10.1 Å². The van der Waals surface area contributed by atoms with Gasteiger partial charge in [0.2, 0.25) is 0 Å². The Labute approximate surface area is 113 Å². The second-order valence-corrected chi connectivity index (χ2v) is 4.69. The molecule has 0 aliphatic rings. The van der Waals surface area contributed by atoms with Crippen LogP contribution in [0.5, 0.6) is 0 Å². The molecular weight excluding hydrogens is 266 g/mol. The Kier molecular flexibility index (Phi) is 3.91. The third-order valence-corrected chi connectivity index (χ3v) is 3.39. The number of ether oxygens (including phenoxy) is 1. The average Bonchev–Trinajstić information content (AvgIpc) is 2.83. The normalized spacial score (nSPS) is 10.2. The zero-order valence-corrected chi connectivity index (χ0v) is 10.7. The highest BCUT2D eigenvalue weighted by molar-refractivity contribution is 7.12. The van der Waals surface area contributed by atoms with Crippen molar-refractivity contribution in [3.05, 3.63) is 68.8 Å². The first-order valence-electron chi connectivity index (χ1n) is 5.38. The van der Waals surface area contributed by atoms with Crippen LogP contribution in [0.2, 0.25) is 0 Å². The molecule has 0 saturated carbocycles. The summed E-state index contributed by atoms with van der Waals surface area (Å²) >= 11 is 1.27. The van der Waals surface area contributed by atoms with Gasteiger partial charge in [0.05, 0.1) is 4.92 Å². The zero-order chi connectivity index (χ0) is 13.8. The minimum Gasteiger partial charge on any atom is -0.457 e. The zero-order valence-electron chi connectivity index (χ0n) is 9.87. The van der Waals surface area contributed by atoms with Crippen molar-refractivity contribution in [2.24, 2.45) is 0 Å². The fourth-order valence-electron chi connectivity index (χ4n) is 1.44. The maximum absolute atomic E-state index is 11.7. The smallest absolute Gasteiger partial charge is 0.348 e. The summed E-state index contributed by atoms with van der Waals surface area (Å²) in [4.78, 5) is 22.2. The van der Waals surface area contributed by atoms with Gasteiger partial charge in [-0.1, -0.05) is 0 Å². The van der Waals surface area contributed by atoms with Gasteiger partial charge in [-0.05, 0) is 41.6 Å². The molecule has 1 heterocycles. The number of thiophene rings is 1. The molecule has 0 N–H and O–H groups in total. The Hall–Kier alpha value is -2.21. The van der Waals surface area contributed by atoms with Crippen molar-refractivity contribution in [2.45, 2.75) is 6.61 Å². The number of nitrogens with zero attached hydrogens (tertiary/aromatic N) is 1. The van der Waals surface area contributed by atoms with Crippen LogP contribution < -0.4 is 0 Å². The maximum atomic E-state index is 11.7. The second kappa shape index (κ2) is 5.62. The number of esters is 1. The van der Waals surface area contributed by atoms with Crippen molar-refractivity contribution in [3.63, 3.8) is 0 Å². The van der Waals surface area contributed by atoms with Gasteiger partial charge in [0.1, 0.15) is 11.5 Å². The number of nitro benzene ring substituents is 1. The van der Waals surface area contributed by atoms with Gasteiger partial charge in [-0.2, -0.15) is 0 Å². The van der Waals surface area contributed by atoms with Crippen LogP contribution in [0.4, 0.5) is 5.69 Å². The van der Waals surface area contributed by atoms with E-state index in [2.05, 4.69) is 6.92 Å². The average molecular weight is 276 g/mol. The van der Waals surface area contributed by atoms with Gasteiger partial charge in [-0.25, -0.2) is 4.79 Å². The van der Waals surface area contributed by atoms with Gasteiger partial charge < -0.3 is 4.74 Å². The number of benzene rings is 1. The molecule has 0 aliphatic carbocycles. The summed E-state index contributed by atoms with van der Waals surface area (Å²) in [6.45, 7) is 3.80. The summed E-state index contributed by atoms with van der Waals surface area (Å²) in [5.41, 5.74) is 1.34. The molecule has 1 radical (unpaired) electrons. The van der Waals surface area contributed by atoms with E-state index in [-0.39, 0.29) is 12.3 Å². The topological polar surface area (TPSA) is 69.4 Å². The van der Waals surface area contributed by atoms with Crippen LogP contribution in [-0.2, 0) is 11.3 Å². The van der Waals surface area contributed by atoms with Crippen LogP contribution in [-0.4, -0.2) is 10.9 Å². The van der Waals surface area contributed by atoms with E-state index in [9.17, 15) is 14.9 Å². The number of hydrogen-bond acceptors (Lipinski definition) is 5. The van der Waals surface area contributed by atoms with E-state index in [4.69, 9.17) is 4.74 Å². The van der Waals surface area contributed by atoms with Crippen LogP contribution in [0.25, 0.3) is 0 Å². The van der Waals surface area contributed by atoms with E-state index < -0.39 is 10.9 Å². The molecular formula is C13H10NO4S. The lowest BCUT2D eigenvalue weighted by molar-refractivity contribution is -0.384. The first-order valence-corrected chi connectivity index (χ1v) is 6.26. The molecule has 0 atom stereocenters. The minimum absolute atomic E-state index is 0.00776. The molecule has 0 aliphatic heterocycles. The summed E-state index contributed by atoms with van der Waals surface area (Å²) < 4.78 is 5.12. The van der Waals surface area contributed by atoms with E-state index in [1.165, 1.54) is 23.5 Å². The number of carbonyl (C=O) groups excluding carboxylic acids is 1. The van der Waals surface area contributed by atoms with Gasteiger partial charge in [0.15, 0.2) is 0 Å². The van der Waals surface area contributed by atoms with Crippen LogP contribution in [0, 0.1) is 17.0 Å². The minimum atomic E-state index is -0.476. The molecule has 0 bridgehead atoms. The van der Waals surface area contributed by atoms with Crippen molar-refractivity contribution in [1.29, 1.82) is 0 Å². The summed E-state index contributed by atoms with van der Waals surface area (Å²) in [6.07, 6.45) is 0. The summed E-state index contributed by atoms with van der Waals surface area (Å²) in [5.74, 6) is -0.432. The van der Waals surface area contributed by atoms with Crippen molar-refractivity contribution >= 4 is 23.0 Å². The van der Waals surface area contributed by atoms with Crippen LogP contribution in [0.15, 0.2) is 35.7 Å². The molecule has 6 heteroatoms. The number of hydrogen-bond donors (Lipinski definition) is 0. The predicted octanol–water partition coefficient (Wildman–Crippen LogP) is 3.20. The number of carbonyl (C=O) groups is 1. The van der Waals surface area contributed by atoms with Crippen LogP contribution in [0.1, 0.15) is 20.8 Å². The van der Waals surface area contributed by atoms with Crippen LogP contribution >= 0.6 is 11.3 Å². The van der Waals surface area contributed by atoms with E-state index in [1.807, 2.05) is 0 Å². The largest absolute Gasteiger partial charge is 0.457 e. The lowest BCUT2D eigenvalue weighted by Gasteiger charge is -2.04.